The predicted molar refractivity (Wildman–Crippen MR) is 88.6 cm³/mol. The van der Waals surface area contributed by atoms with Gasteiger partial charge in [-0.25, -0.2) is 4.57 Å². The molecular weight excluding hydrogens is 355 g/mol. The van der Waals surface area contributed by atoms with Gasteiger partial charge in [-0.05, 0) is 53.7 Å². The molecule has 0 saturated heterocycles. The summed E-state index contributed by atoms with van der Waals surface area (Å²) in [6.07, 6.45) is 0.117. The number of benzene rings is 2. The van der Waals surface area contributed by atoms with Crippen LogP contribution in [0.5, 0.6) is 11.5 Å². The van der Waals surface area contributed by atoms with Gasteiger partial charge in [0.1, 0.15) is 11.5 Å². The second-order valence-corrected chi connectivity index (χ2v) is 8.82. The number of hydrogen-bond acceptors (Lipinski definition) is 6. The molecule has 2 aromatic rings. The fraction of sp³-hybridized carbons (Fsp3) is 0.200. The van der Waals surface area contributed by atoms with Crippen LogP contribution in [-0.2, 0) is 16.8 Å². The zero-order valence-electron chi connectivity index (χ0n) is 12.4. The smallest absolute Gasteiger partial charge is 0.388 e. The monoisotopic (exact) mass is 372 g/mol. The molecule has 7 nitrogen and oxygen atoms in total. The van der Waals surface area contributed by atoms with E-state index in [4.69, 9.17) is 9.79 Å². The molecular formula is C15H17O7PS. The lowest BCUT2D eigenvalue weighted by Gasteiger charge is -2.25. The van der Waals surface area contributed by atoms with Gasteiger partial charge in [-0.2, -0.15) is 0 Å². The van der Waals surface area contributed by atoms with Gasteiger partial charge in [-0.15, -0.1) is 0 Å². The van der Waals surface area contributed by atoms with Crippen LogP contribution < -0.4 is 0 Å². The Bertz CT molecular complexity index is 755. The van der Waals surface area contributed by atoms with Gasteiger partial charge < -0.3 is 30.2 Å². The van der Waals surface area contributed by atoms with E-state index in [1.807, 2.05) is 0 Å². The lowest BCUT2D eigenvalue weighted by molar-refractivity contribution is -0.175. The fourth-order valence-corrected chi connectivity index (χ4v) is 4.14. The highest BCUT2D eigenvalue weighted by atomic mass is 32.7. The molecule has 0 radical (unpaired) electrons. The molecule has 0 aromatic heterocycles. The third kappa shape index (κ3) is 5.24. The van der Waals surface area contributed by atoms with E-state index in [2.05, 4.69) is 0 Å². The van der Waals surface area contributed by atoms with Gasteiger partial charge in [0.2, 0.25) is 0 Å². The summed E-state index contributed by atoms with van der Waals surface area (Å²) in [6, 6.07) is 9.70. The van der Waals surface area contributed by atoms with Crippen LogP contribution in [0.1, 0.15) is 17.5 Å². The van der Waals surface area contributed by atoms with Crippen LogP contribution in [-0.4, -0.2) is 30.2 Å². The molecule has 2 aromatic carbocycles. The maximum absolute atomic E-state index is 11.2. The fourth-order valence-electron chi connectivity index (χ4n) is 2.16. The molecule has 0 aliphatic rings. The van der Waals surface area contributed by atoms with Crippen molar-refractivity contribution in [3.8, 4) is 11.5 Å². The first-order valence-electron chi connectivity index (χ1n) is 6.88. The van der Waals surface area contributed by atoms with Gasteiger partial charge in [0.05, 0.1) is 0 Å². The van der Waals surface area contributed by atoms with Crippen molar-refractivity contribution in [2.75, 3.05) is 0 Å². The zero-order valence-corrected chi connectivity index (χ0v) is 14.1. The Morgan fingerprint density at radius 1 is 0.958 bits per heavy atom. The van der Waals surface area contributed by atoms with Crippen molar-refractivity contribution in [2.45, 2.75) is 23.5 Å². The first kappa shape index (κ1) is 18.8. The average Bonchev–Trinajstić information content (AvgIpc) is 2.45. The number of phenols is 2. The molecule has 24 heavy (non-hydrogen) atoms. The second kappa shape index (κ2) is 7.14. The molecule has 0 amide bonds. The largest absolute Gasteiger partial charge is 0.508 e. The summed E-state index contributed by atoms with van der Waals surface area (Å²) in [5.41, 5.74) is 0.649. The van der Waals surface area contributed by atoms with E-state index < -0.39 is 12.6 Å². The van der Waals surface area contributed by atoms with Crippen LogP contribution in [0.15, 0.2) is 47.4 Å². The van der Waals surface area contributed by atoms with Gasteiger partial charge in [0.25, 0.3) is 0 Å². The van der Waals surface area contributed by atoms with Crippen molar-refractivity contribution in [1.29, 1.82) is 0 Å². The maximum Gasteiger partial charge on any atom is 0.388 e. The second-order valence-electron chi connectivity index (χ2n) is 5.25. The number of rotatable bonds is 6. The van der Waals surface area contributed by atoms with Crippen LogP contribution in [0.3, 0.4) is 0 Å². The summed E-state index contributed by atoms with van der Waals surface area (Å²) in [5.74, 6) is -2.50. The van der Waals surface area contributed by atoms with Crippen LogP contribution >= 0.6 is 18.2 Å². The first-order valence-corrected chi connectivity index (χ1v) is 9.91. The third-order valence-electron chi connectivity index (χ3n) is 3.31. The Kier molecular flexibility index (Phi) is 5.59. The van der Waals surface area contributed by atoms with Crippen molar-refractivity contribution in [1.82, 2.24) is 0 Å². The van der Waals surface area contributed by atoms with Crippen LogP contribution in [0, 0.1) is 0 Å². The van der Waals surface area contributed by atoms with Crippen LogP contribution in [0.25, 0.3) is 0 Å². The number of aliphatic hydroxyl groups is 2. The van der Waals surface area contributed by atoms with Gasteiger partial charge in [0.15, 0.2) is 5.79 Å². The van der Waals surface area contributed by atoms with Crippen LogP contribution in [0.2, 0.25) is 0 Å². The molecule has 0 heterocycles. The minimum atomic E-state index is -4.53. The number of hydrogen-bond donors (Lipinski definition) is 6. The Balaban J connectivity index is 2.24. The van der Waals surface area contributed by atoms with Gasteiger partial charge >= 0.3 is 6.80 Å². The minimum absolute atomic E-state index is 0.0943. The topological polar surface area (TPSA) is 138 Å². The molecule has 130 valence electrons. The Labute approximate surface area is 142 Å². The van der Waals surface area contributed by atoms with Crippen molar-refractivity contribution in [3.63, 3.8) is 0 Å². The highest BCUT2D eigenvalue weighted by Gasteiger charge is 2.31. The molecule has 0 unspecified atom stereocenters. The van der Waals surface area contributed by atoms with Crippen molar-refractivity contribution >= 4 is 18.2 Å². The summed E-state index contributed by atoms with van der Waals surface area (Å²) in [6.45, 7) is -4.53. The van der Waals surface area contributed by atoms with E-state index in [1.165, 1.54) is 24.3 Å². The molecule has 0 aliphatic carbocycles. The normalized spacial score (nSPS) is 12.3. The molecule has 0 fully saturated rings. The van der Waals surface area contributed by atoms with Crippen molar-refractivity contribution < 1.29 is 34.8 Å². The highest BCUT2D eigenvalue weighted by molar-refractivity contribution is 8.54. The molecule has 9 heteroatoms. The summed E-state index contributed by atoms with van der Waals surface area (Å²) in [4.78, 5) is 18.1. The molecule has 0 aliphatic heterocycles. The van der Waals surface area contributed by atoms with Crippen molar-refractivity contribution in [2.24, 2.45) is 0 Å². The number of phenolic OH excluding ortho intramolecular Hbond substituents is 2. The summed E-state index contributed by atoms with van der Waals surface area (Å²) in [5, 5.41) is 39.4. The molecule has 6 N–H and O–H groups in total. The SMILES string of the molecule is O=P(O)(O)Sc1cc(O)ccc1C(O)(O)CCc1ccc(O)cc1. The summed E-state index contributed by atoms with van der Waals surface area (Å²) >= 11 is 0.146. The highest BCUT2D eigenvalue weighted by Crippen LogP contribution is 2.56. The molecule has 0 atom stereocenters. The predicted octanol–water partition coefficient (Wildman–Crippen LogP) is 2.05. The zero-order chi connectivity index (χ0) is 18.0. The van der Waals surface area contributed by atoms with E-state index in [0.29, 0.717) is 0 Å². The van der Waals surface area contributed by atoms with E-state index in [9.17, 15) is 25.0 Å². The molecule has 0 bridgehead atoms. The Hall–Kier alpha value is -1.54. The lowest BCUT2D eigenvalue weighted by atomic mass is 9.97. The summed E-state index contributed by atoms with van der Waals surface area (Å²) < 4.78 is 11.2. The minimum Gasteiger partial charge on any atom is -0.508 e. The molecule has 2 rings (SSSR count). The molecule has 0 saturated carbocycles. The Morgan fingerprint density at radius 2 is 1.54 bits per heavy atom. The first-order chi connectivity index (χ1) is 11.1. The van der Waals surface area contributed by atoms with E-state index in [1.54, 1.807) is 12.1 Å². The standard InChI is InChI=1S/C15H17O7PS/c16-11-3-1-10(2-4-11)7-8-15(18,19)13-6-5-12(17)9-14(13)24-23(20,21)22/h1-6,9,16-19H,7-8H2,(H2,20,21,22). The number of aryl methyl sites for hydroxylation is 1. The van der Waals surface area contributed by atoms with E-state index >= 15 is 0 Å². The number of aromatic hydroxyl groups is 2. The van der Waals surface area contributed by atoms with E-state index in [0.717, 1.165) is 11.6 Å². The molecule has 0 spiro atoms. The summed E-state index contributed by atoms with van der Waals surface area (Å²) in [7, 11) is 0. The Morgan fingerprint density at radius 3 is 2.12 bits per heavy atom. The van der Waals surface area contributed by atoms with Gasteiger partial charge in [0, 0.05) is 16.9 Å². The quantitative estimate of drug-likeness (QED) is 0.335. The van der Waals surface area contributed by atoms with Crippen molar-refractivity contribution in [3.05, 3.63) is 53.6 Å². The third-order valence-corrected chi connectivity index (χ3v) is 5.39. The van der Waals surface area contributed by atoms with Gasteiger partial charge in [-0.1, -0.05) is 12.1 Å². The van der Waals surface area contributed by atoms with Crippen LogP contribution in [0.4, 0.5) is 0 Å². The lowest BCUT2D eigenvalue weighted by Crippen LogP contribution is -2.26. The van der Waals surface area contributed by atoms with Gasteiger partial charge in [-0.3, -0.25) is 0 Å². The van der Waals surface area contributed by atoms with E-state index in [-0.39, 0.29) is 46.2 Å². The maximum atomic E-state index is 11.2. The average molecular weight is 372 g/mol.